The number of nitrogen functional groups attached to an aromatic ring is 1. The molecule has 0 aliphatic heterocycles. The van der Waals surface area contributed by atoms with Crippen molar-refractivity contribution < 1.29 is 9.53 Å². The fourth-order valence-electron chi connectivity index (χ4n) is 6.98. The van der Waals surface area contributed by atoms with Crippen molar-refractivity contribution in [2.45, 2.75) is 77.9 Å². The predicted molar refractivity (Wildman–Crippen MR) is 201 cm³/mol. The summed E-state index contributed by atoms with van der Waals surface area (Å²) in [5.41, 5.74) is 14.3. The number of nitrogens with two attached hydrogens (primary N) is 1. The molecule has 0 fully saturated rings. The van der Waals surface area contributed by atoms with E-state index in [4.69, 9.17) is 25.4 Å². The molecule has 1 aliphatic rings. The molecule has 3 aromatic carbocycles. The Kier molecular flexibility index (Phi) is 8.68. The maximum atomic E-state index is 12.8. The minimum Gasteiger partial charge on any atom is -0.444 e. The quantitative estimate of drug-likeness (QED) is 0.176. The second-order valence-electron chi connectivity index (χ2n) is 14.5. The van der Waals surface area contributed by atoms with E-state index in [-0.39, 0.29) is 18.1 Å². The molecule has 7 rings (SSSR count). The lowest BCUT2D eigenvalue weighted by atomic mass is 9.92. The Labute approximate surface area is 293 Å². The van der Waals surface area contributed by atoms with Crippen molar-refractivity contribution in [2.75, 3.05) is 12.8 Å². The second-order valence-corrected chi connectivity index (χ2v) is 14.5. The van der Waals surface area contributed by atoms with E-state index in [0.29, 0.717) is 12.2 Å². The number of ether oxygens (including phenoxy) is 1. The highest BCUT2D eigenvalue weighted by molar-refractivity contribution is 6.02. The lowest BCUT2D eigenvalue weighted by Gasteiger charge is -2.32. The summed E-state index contributed by atoms with van der Waals surface area (Å²) in [6.45, 7) is 10.00. The lowest BCUT2D eigenvalue weighted by Crippen LogP contribution is -2.41. The molecule has 3 heterocycles. The first-order chi connectivity index (χ1) is 24.0. The number of imidazole rings is 2. The highest BCUT2D eigenvalue weighted by Gasteiger charge is 2.29. The number of carbonyl (C=O) groups excluding carboxylic acids is 1. The zero-order valence-corrected chi connectivity index (χ0v) is 29.7. The van der Waals surface area contributed by atoms with Crippen LogP contribution in [0.25, 0.3) is 44.4 Å². The van der Waals surface area contributed by atoms with Crippen LogP contribution in [0, 0.1) is 0 Å². The van der Waals surface area contributed by atoms with Crippen LogP contribution >= 0.6 is 0 Å². The summed E-state index contributed by atoms with van der Waals surface area (Å²) in [4.78, 5) is 32.8. The number of H-pyrrole nitrogens is 1. The molecule has 0 radical (unpaired) electrons. The van der Waals surface area contributed by atoms with E-state index in [2.05, 4.69) is 77.8 Å². The van der Waals surface area contributed by atoms with E-state index in [0.717, 1.165) is 75.4 Å². The molecule has 6 aromatic rings. The van der Waals surface area contributed by atoms with Gasteiger partial charge in [-0.1, -0.05) is 86.7 Å². The van der Waals surface area contributed by atoms with E-state index in [1.165, 1.54) is 11.1 Å². The number of allylic oxidation sites excluding steroid dienone is 1. The van der Waals surface area contributed by atoms with E-state index in [1.807, 2.05) is 58.4 Å². The zero-order chi connectivity index (χ0) is 35.2. The lowest BCUT2D eigenvalue weighted by molar-refractivity contribution is 0.0215. The zero-order valence-electron chi connectivity index (χ0n) is 29.7. The molecular weight excluding hydrogens is 622 g/mol. The Hall–Kier alpha value is -5.44. The summed E-state index contributed by atoms with van der Waals surface area (Å²) >= 11 is 0. The molecule has 256 valence electrons. The monoisotopic (exact) mass is 667 g/mol. The van der Waals surface area contributed by atoms with Crippen molar-refractivity contribution in [1.29, 1.82) is 0 Å². The minimum absolute atomic E-state index is 0.0599. The molecule has 0 saturated carbocycles. The fraction of sp³-hybridized carbons (Fsp3) is 0.317. The standard InChI is InChI=1S/C41H45N7O2/c1-25(2)39-46-36(37-38(42)44-24-34(48(37)39)27-16-19-29(20-17-27)47(6)40(49)50-41(3,4)5)32-21-18-28(30-14-10-11-15-31(30)32)22-35-43-23-33(45-35)26-12-8-7-9-13-26/h7-16,18,21,23-25,29H,17,19-20,22H2,1-6H3,(H2,42,44)(H,43,45). The van der Waals surface area contributed by atoms with E-state index in [9.17, 15) is 4.79 Å². The number of amides is 1. The maximum absolute atomic E-state index is 12.8. The van der Waals surface area contributed by atoms with Gasteiger partial charge in [0.05, 0.1) is 23.8 Å². The van der Waals surface area contributed by atoms with Gasteiger partial charge in [-0.2, -0.15) is 0 Å². The van der Waals surface area contributed by atoms with Crippen molar-refractivity contribution in [1.82, 2.24) is 29.2 Å². The average molecular weight is 668 g/mol. The number of carbonyl (C=O) groups is 1. The molecule has 9 heteroatoms. The van der Waals surface area contributed by atoms with Gasteiger partial charge in [-0.25, -0.2) is 19.7 Å². The van der Waals surface area contributed by atoms with Gasteiger partial charge in [-0.3, -0.25) is 4.40 Å². The van der Waals surface area contributed by atoms with Gasteiger partial charge in [0.25, 0.3) is 0 Å². The first-order valence-electron chi connectivity index (χ1n) is 17.4. The van der Waals surface area contributed by atoms with Gasteiger partial charge in [0.2, 0.25) is 0 Å². The van der Waals surface area contributed by atoms with Gasteiger partial charge < -0.3 is 20.4 Å². The number of benzene rings is 3. The molecule has 50 heavy (non-hydrogen) atoms. The van der Waals surface area contributed by atoms with Gasteiger partial charge >= 0.3 is 6.09 Å². The fourth-order valence-corrected chi connectivity index (χ4v) is 6.98. The van der Waals surface area contributed by atoms with Crippen LogP contribution in [0.2, 0.25) is 0 Å². The number of rotatable bonds is 7. The number of hydrogen-bond donors (Lipinski definition) is 2. The number of nitrogens with one attached hydrogen (secondary N) is 1. The van der Waals surface area contributed by atoms with Crippen LogP contribution in [0.4, 0.5) is 10.6 Å². The maximum Gasteiger partial charge on any atom is 0.410 e. The van der Waals surface area contributed by atoms with Crippen molar-refractivity contribution in [2.24, 2.45) is 0 Å². The first kappa shape index (κ1) is 33.1. The summed E-state index contributed by atoms with van der Waals surface area (Å²) in [7, 11) is 1.83. The van der Waals surface area contributed by atoms with Crippen molar-refractivity contribution >= 4 is 33.8 Å². The molecule has 1 aliphatic carbocycles. The number of anilines is 1. The second kappa shape index (κ2) is 13.1. The van der Waals surface area contributed by atoms with Gasteiger partial charge in [0, 0.05) is 31.0 Å². The van der Waals surface area contributed by atoms with Gasteiger partial charge in [-0.15, -0.1) is 0 Å². The SMILES string of the molecule is CC(C)c1nc(-c2ccc(Cc3ncc(-c4ccccc4)[nH]3)c3ccccc23)c2c(N)ncc(C3=CCC(N(C)C(=O)OC(C)(C)C)CC3)n12. The molecule has 0 saturated heterocycles. The van der Waals surface area contributed by atoms with Crippen LogP contribution in [0.1, 0.15) is 82.7 Å². The van der Waals surface area contributed by atoms with E-state index in [1.54, 1.807) is 4.90 Å². The van der Waals surface area contributed by atoms with Crippen LogP contribution in [0.5, 0.6) is 0 Å². The van der Waals surface area contributed by atoms with Crippen molar-refractivity contribution in [3.63, 3.8) is 0 Å². The number of aromatic nitrogens is 5. The Morgan fingerprint density at radius 1 is 1.02 bits per heavy atom. The topological polar surface area (TPSA) is 114 Å². The third kappa shape index (κ3) is 6.35. The molecule has 0 bridgehead atoms. The third-order valence-corrected chi connectivity index (χ3v) is 9.51. The van der Waals surface area contributed by atoms with Gasteiger partial charge in [-0.05, 0) is 67.5 Å². The first-order valence-corrected chi connectivity index (χ1v) is 17.4. The predicted octanol–water partition coefficient (Wildman–Crippen LogP) is 9.04. The molecule has 9 nitrogen and oxygen atoms in total. The molecular formula is C41H45N7O2. The summed E-state index contributed by atoms with van der Waals surface area (Å²) in [5, 5.41) is 2.25. The summed E-state index contributed by atoms with van der Waals surface area (Å²) in [6.07, 6.45) is 8.72. The molecule has 1 atom stereocenters. The smallest absolute Gasteiger partial charge is 0.410 e. The van der Waals surface area contributed by atoms with Crippen LogP contribution in [0.15, 0.2) is 85.2 Å². The molecule has 3 N–H and O–H groups in total. The minimum atomic E-state index is -0.535. The number of aromatic amines is 1. The highest BCUT2D eigenvalue weighted by Crippen LogP contribution is 2.39. The number of hydrogen-bond acceptors (Lipinski definition) is 6. The van der Waals surface area contributed by atoms with Crippen LogP contribution < -0.4 is 5.73 Å². The van der Waals surface area contributed by atoms with E-state index >= 15 is 0 Å². The molecule has 1 amide bonds. The highest BCUT2D eigenvalue weighted by atomic mass is 16.6. The van der Waals surface area contributed by atoms with Crippen LogP contribution in [0.3, 0.4) is 0 Å². The number of fused-ring (bicyclic) bond motifs is 2. The van der Waals surface area contributed by atoms with Gasteiger partial charge in [0.15, 0.2) is 0 Å². The number of nitrogens with zero attached hydrogens (tertiary/aromatic N) is 5. The molecule has 0 spiro atoms. The summed E-state index contributed by atoms with van der Waals surface area (Å²) in [5.74, 6) is 2.43. The van der Waals surface area contributed by atoms with Crippen LogP contribution in [-0.4, -0.2) is 54.0 Å². The van der Waals surface area contributed by atoms with Crippen molar-refractivity contribution in [3.05, 3.63) is 108 Å². The average Bonchev–Trinajstić information content (AvgIpc) is 3.74. The van der Waals surface area contributed by atoms with E-state index < -0.39 is 5.60 Å². The third-order valence-electron chi connectivity index (χ3n) is 9.51. The Morgan fingerprint density at radius 2 is 1.76 bits per heavy atom. The normalized spacial score (nSPS) is 15.1. The Balaban J connectivity index is 1.26. The summed E-state index contributed by atoms with van der Waals surface area (Å²) in [6, 6.07) is 23.1. The van der Waals surface area contributed by atoms with Crippen molar-refractivity contribution in [3.8, 4) is 22.5 Å². The summed E-state index contributed by atoms with van der Waals surface area (Å²) < 4.78 is 7.84. The molecule has 1 unspecified atom stereocenters. The molecule has 3 aromatic heterocycles. The Bertz CT molecular complexity index is 2220. The Morgan fingerprint density at radius 3 is 2.46 bits per heavy atom. The van der Waals surface area contributed by atoms with Gasteiger partial charge in [0.1, 0.15) is 34.3 Å². The largest absolute Gasteiger partial charge is 0.444 e. The van der Waals surface area contributed by atoms with Crippen LogP contribution in [-0.2, 0) is 11.2 Å².